The molecule has 3 rings (SSSR count). The van der Waals surface area contributed by atoms with Crippen molar-refractivity contribution in [3.63, 3.8) is 0 Å². The SMILES string of the molecule is CCCC[C@H]1CC[C@H](c2ccc(-c3ccc(Cl)cc3)c(F)c2)CC1. The molecule has 2 aromatic rings. The van der Waals surface area contributed by atoms with Gasteiger partial charge in [0, 0.05) is 10.6 Å². The Balaban J connectivity index is 1.68. The molecule has 1 aliphatic carbocycles. The highest BCUT2D eigenvalue weighted by atomic mass is 35.5. The zero-order chi connectivity index (χ0) is 16.9. The summed E-state index contributed by atoms with van der Waals surface area (Å²) in [6.45, 7) is 2.26. The molecule has 0 aromatic heterocycles. The number of rotatable bonds is 5. The van der Waals surface area contributed by atoms with Crippen molar-refractivity contribution in [3.05, 3.63) is 58.9 Å². The average molecular weight is 345 g/mol. The number of hydrogen-bond donors (Lipinski definition) is 0. The van der Waals surface area contributed by atoms with Crippen LogP contribution in [0.4, 0.5) is 4.39 Å². The van der Waals surface area contributed by atoms with Crippen molar-refractivity contribution in [3.8, 4) is 11.1 Å². The van der Waals surface area contributed by atoms with Gasteiger partial charge in [0.1, 0.15) is 5.82 Å². The molecule has 128 valence electrons. The zero-order valence-electron chi connectivity index (χ0n) is 14.4. The summed E-state index contributed by atoms with van der Waals surface area (Å²) in [5, 5.41) is 0.676. The molecule has 0 spiro atoms. The van der Waals surface area contributed by atoms with Gasteiger partial charge < -0.3 is 0 Å². The molecule has 0 atom stereocenters. The first kappa shape index (κ1) is 17.5. The quantitative estimate of drug-likeness (QED) is 0.523. The predicted molar refractivity (Wildman–Crippen MR) is 101 cm³/mol. The highest BCUT2D eigenvalue weighted by molar-refractivity contribution is 6.30. The first-order valence-corrected chi connectivity index (χ1v) is 9.60. The fourth-order valence-electron chi connectivity index (χ4n) is 3.93. The normalized spacial score (nSPS) is 21.0. The van der Waals surface area contributed by atoms with E-state index in [2.05, 4.69) is 13.0 Å². The first-order valence-electron chi connectivity index (χ1n) is 9.22. The molecule has 0 heterocycles. The van der Waals surface area contributed by atoms with E-state index >= 15 is 0 Å². The summed E-state index contributed by atoms with van der Waals surface area (Å²) in [7, 11) is 0. The maximum atomic E-state index is 14.6. The second-order valence-corrected chi connectivity index (χ2v) is 7.54. The van der Waals surface area contributed by atoms with E-state index in [1.54, 1.807) is 6.07 Å². The van der Waals surface area contributed by atoms with E-state index in [4.69, 9.17) is 11.6 Å². The van der Waals surface area contributed by atoms with E-state index < -0.39 is 0 Å². The minimum atomic E-state index is -0.122. The van der Waals surface area contributed by atoms with E-state index in [0.717, 1.165) is 11.5 Å². The van der Waals surface area contributed by atoms with Crippen LogP contribution < -0.4 is 0 Å². The summed E-state index contributed by atoms with van der Waals surface area (Å²) in [5.74, 6) is 1.29. The second kappa shape index (κ2) is 8.16. The van der Waals surface area contributed by atoms with E-state index in [-0.39, 0.29) is 5.82 Å². The lowest BCUT2D eigenvalue weighted by Gasteiger charge is -2.29. The van der Waals surface area contributed by atoms with Gasteiger partial charge in [0.25, 0.3) is 0 Å². The van der Waals surface area contributed by atoms with Gasteiger partial charge in [-0.25, -0.2) is 4.39 Å². The molecule has 1 aliphatic rings. The summed E-state index contributed by atoms with van der Waals surface area (Å²) >= 11 is 5.92. The van der Waals surface area contributed by atoms with Crippen molar-refractivity contribution < 1.29 is 4.39 Å². The molecule has 0 saturated heterocycles. The second-order valence-electron chi connectivity index (χ2n) is 7.11. The maximum absolute atomic E-state index is 14.6. The molecule has 1 fully saturated rings. The molecule has 24 heavy (non-hydrogen) atoms. The Bertz CT molecular complexity index is 654. The van der Waals surface area contributed by atoms with Gasteiger partial charge in [-0.15, -0.1) is 0 Å². The van der Waals surface area contributed by atoms with Gasteiger partial charge in [-0.2, -0.15) is 0 Å². The van der Waals surface area contributed by atoms with E-state index in [0.29, 0.717) is 16.5 Å². The minimum Gasteiger partial charge on any atom is -0.206 e. The number of unbranched alkanes of at least 4 members (excludes halogenated alkanes) is 1. The number of hydrogen-bond acceptors (Lipinski definition) is 0. The van der Waals surface area contributed by atoms with Gasteiger partial charge in [-0.1, -0.05) is 62.1 Å². The summed E-state index contributed by atoms with van der Waals surface area (Å²) in [5.41, 5.74) is 2.71. The van der Waals surface area contributed by atoms with Crippen molar-refractivity contribution in [1.82, 2.24) is 0 Å². The molecule has 1 saturated carbocycles. The standard InChI is InChI=1S/C22H26ClF/c1-2-3-4-16-5-7-17(8-6-16)19-11-14-21(22(24)15-19)18-9-12-20(23)13-10-18/h9-17H,2-8H2,1H3/t16-,17-. The van der Waals surface area contributed by atoms with Crippen molar-refractivity contribution >= 4 is 11.6 Å². The smallest absolute Gasteiger partial charge is 0.131 e. The van der Waals surface area contributed by atoms with Gasteiger partial charge >= 0.3 is 0 Å². The van der Waals surface area contributed by atoms with Crippen LogP contribution in [0.25, 0.3) is 11.1 Å². The monoisotopic (exact) mass is 344 g/mol. The van der Waals surface area contributed by atoms with Crippen LogP contribution in [-0.2, 0) is 0 Å². The van der Waals surface area contributed by atoms with Crippen LogP contribution in [-0.4, -0.2) is 0 Å². The summed E-state index contributed by atoms with van der Waals surface area (Å²) in [6.07, 6.45) is 9.00. The third-order valence-corrected chi connectivity index (χ3v) is 5.68. The zero-order valence-corrected chi connectivity index (χ0v) is 15.2. The topological polar surface area (TPSA) is 0 Å². The van der Waals surface area contributed by atoms with Gasteiger partial charge in [0.05, 0.1) is 0 Å². The Morgan fingerprint density at radius 2 is 1.71 bits per heavy atom. The molecular formula is C22H26ClF. The molecule has 2 aromatic carbocycles. The van der Waals surface area contributed by atoms with Crippen LogP contribution in [0.5, 0.6) is 0 Å². The Hall–Kier alpha value is -1.34. The molecule has 0 amide bonds. The highest BCUT2D eigenvalue weighted by Crippen LogP contribution is 2.38. The average Bonchev–Trinajstić information content (AvgIpc) is 2.61. The van der Waals surface area contributed by atoms with Crippen LogP contribution in [0.1, 0.15) is 63.4 Å². The maximum Gasteiger partial charge on any atom is 0.131 e. The molecular weight excluding hydrogens is 319 g/mol. The number of halogens is 2. The minimum absolute atomic E-state index is 0.122. The van der Waals surface area contributed by atoms with Crippen molar-refractivity contribution in [2.24, 2.45) is 5.92 Å². The molecule has 0 nitrogen and oxygen atoms in total. The lowest BCUT2D eigenvalue weighted by molar-refractivity contribution is 0.304. The Labute approximate surface area is 150 Å². The van der Waals surface area contributed by atoms with Crippen LogP contribution in [0.3, 0.4) is 0 Å². The molecule has 0 bridgehead atoms. The van der Waals surface area contributed by atoms with E-state index in [1.165, 1.54) is 50.5 Å². The van der Waals surface area contributed by atoms with Crippen molar-refractivity contribution in [1.29, 1.82) is 0 Å². The summed E-state index contributed by atoms with van der Waals surface area (Å²) < 4.78 is 14.6. The fourth-order valence-corrected chi connectivity index (χ4v) is 4.05. The predicted octanol–water partition coefficient (Wildman–Crippen LogP) is 7.61. The third-order valence-electron chi connectivity index (χ3n) is 5.43. The van der Waals surface area contributed by atoms with Crippen molar-refractivity contribution in [2.45, 2.75) is 57.8 Å². The van der Waals surface area contributed by atoms with Gasteiger partial charge in [-0.05, 0) is 66.8 Å². The third kappa shape index (κ3) is 4.19. The molecule has 2 heteroatoms. The van der Waals surface area contributed by atoms with Crippen LogP contribution in [0.2, 0.25) is 5.02 Å². The Morgan fingerprint density at radius 3 is 2.33 bits per heavy atom. The first-order chi connectivity index (χ1) is 11.7. The fraction of sp³-hybridized carbons (Fsp3) is 0.455. The number of benzene rings is 2. The lowest BCUT2D eigenvalue weighted by atomic mass is 9.77. The van der Waals surface area contributed by atoms with Crippen LogP contribution in [0, 0.1) is 11.7 Å². The van der Waals surface area contributed by atoms with Gasteiger partial charge in [0.15, 0.2) is 0 Å². The largest absolute Gasteiger partial charge is 0.206 e. The Kier molecular flexibility index (Phi) is 5.94. The molecule has 0 unspecified atom stereocenters. The summed E-state index contributed by atoms with van der Waals surface area (Å²) in [6, 6.07) is 13.2. The van der Waals surface area contributed by atoms with Gasteiger partial charge in [0.2, 0.25) is 0 Å². The van der Waals surface area contributed by atoms with Crippen LogP contribution in [0.15, 0.2) is 42.5 Å². The molecule has 0 aliphatic heterocycles. The highest BCUT2D eigenvalue weighted by Gasteiger charge is 2.22. The molecule has 0 radical (unpaired) electrons. The molecule has 0 N–H and O–H groups in total. The lowest BCUT2D eigenvalue weighted by Crippen LogP contribution is -2.13. The van der Waals surface area contributed by atoms with Gasteiger partial charge in [-0.3, -0.25) is 0 Å². The van der Waals surface area contributed by atoms with E-state index in [1.807, 2.05) is 30.3 Å². The van der Waals surface area contributed by atoms with Crippen molar-refractivity contribution in [2.75, 3.05) is 0 Å². The Morgan fingerprint density at radius 1 is 1.00 bits per heavy atom. The van der Waals surface area contributed by atoms with Crippen LogP contribution >= 0.6 is 11.6 Å². The summed E-state index contributed by atoms with van der Waals surface area (Å²) in [4.78, 5) is 0. The van der Waals surface area contributed by atoms with E-state index in [9.17, 15) is 4.39 Å².